The topological polar surface area (TPSA) is 104 Å². The number of rotatable bonds is 4. The fourth-order valence-corrected chi connectivity index (χ4v) is 2.65. The van der Waals surface area contributed by atoms with Crippen LogP contribution in [0.3, 0.4) is 0 Å². The van der Waals surface area contributed by atoms with Crippen molar-refractivity contribution in [3.63, 3.8) is 0 Å². The molecule has 0 fully saturated rings. The van der Waals surface area contributed by atoms with E-state index in [-0.39, 0.29) is 10.8 Å². The van der Waals surface area contributed by atoms with Crippen LogP contribution in [0.25, 0.3) is 0 Å². The van der Waals surface area contributed by atoms with E-state index in [1.807, 2.05) is 0 Å². The molecule has 8 heteroatoms. The molecule has 0 radical (unpaired) electrons. The second-order valence-electron chi connectivity index (χ2n) is 4.24. The van der Waals surface area contributed by atoms with Crippen LogP contribution >= 0.6 is 0 Å². The molecule has 1 aromatic heterocycles. The number of aryl methyl sites for hydroxylation is 1. The monoisotopic (exact) mass is 294 g/mol. The molecule has 106 valence electrons. The Kier molecular flexibility index (Phi) is 3.75. The van der Waals surface area contributed by atoms with E-state index in [0.29, 0.717) is 17.1 Å². The fraction of sp³-hybridized carbons (Fsp3) is 0.167. The Labute approximate surface area is 116 Å². The van der Waals surface area contributed by atoms with Gasteiger partial charge in [0.2, 0.25) is 5.91 Å². The molecule has 2 rings (SSSR count). The number of amides is 1. The molecule has 20 heavy (non-hydrogen) atoms. The summed E-state index contributed by atoms with van der Waals surface area (Å²) in [5.74, 6) is 0.114. The van der Waals surface area contributed by atoms with Gasteiger partial charge in [-0.1, -0.05) is 0 Å². The van der Waals surface area contributed by atoms with Crippen molar-refractivity contribution >= 4 is 27.4 Å². The minimum atomic E-state index is -3.68. The molecule has 0 saturated heterocycles. The number of carbonyl (C=O) groups is 1. The zero-order valence-electron chi connectivity index (χ0n) is 11.0. The maximum atomic E-state index is 12.1. The lowest BCUT2D eigenvalue weighted by Gasteiger charge is -2.08. The first-order chi connectivity index (χ1) is 9.38. The van der Waals surface area contributed by atoms with Gasteiger partial charge in [-0.05, 0) is 31.2 Å². The number of carbonyl (C=O) groups excluding carboxylic acids is 1. The lowest BCUT2D eigenvalue weighted by molar-refractivity contribution is -0.114. The zero-order chi connectivity index (χ0) is 14.8. The average Bonchev–Trinajstić information content (AvgIpc) is 2.74. The van der Waals surface area contributed by atoms with Crippen LogP contribution in [0.1, 0.15) is 12.5 Å². The van der Waals surface area contributed by atoms with Gasteiger partial charge in [-0.15, -0.1) is 0 Å². The van der Waals surface area contributed by atoms with Crippen LogP contribution in [0.15, 0.2) is 35.4 Å². The van der Waals surface area contributed by atoms with Crippen molar-refractivity contribution in [3.05, 3.63) is 36.0 Å². The van der Waals surface area contributed by atoms with Gasteiger partial charge in [0.15, 0.2) is 0 Å². The molecule has 0 unspecified atom stereocenters. The predicted octanol–water partition coefficient (Wildman–Crippen LogP) is 1.48. The number of aromatic amines is 1. The summed E-state index contributed by atoms with van der Waals surface area (Å²) >= 11 is 0. The molecule has 1 heterocycles. The second-order valence-corrected chi connectivity index (χ2v) is 5.92. The van der Waals surface area contributed by atoms with Crippen molar-refractivity contribution in [2.45, 2.75) is 18.7 Å². The van der Waals surface area contributed by atoms with Crippen molar-refractivity contribution in [1.29, 1.82) is 0 Å². The highest BCUT2D eigenvalue weighted by molar-refractivity contribution is 7.92. The summed E-state index contributed by atoms with van der Waals surface area (Å²) in [5.41, 5.74) is 1.23. The number of H-pyrrole nitrogens is 1. The van der Waals surface area contributed by atoms with Crippen molar-refractivity contribution in [1.82, 2.24) is 10.2 Å². The van der Waals surface area contributed by atoms with Gasteiger partial charge in [-0.25, -0.2) is 8.42 Å². The molecular weight excluding hydrogens is 280 g/mol. The van der Waals surface area contributed by atoms with Gasteiger partial charge < -0.3 is 5.32 Å². The SMILES string of the molecule is CC(=O)Nc1ccc(S(=O)(=O)Nc2[nH]ncc2C)cc1. The third-order valence-corrected chi connectivity index (χ3v) is 3.92. The Morgan fingerprint density at radius 2 is 1.90 bits per heavy atom. The van der Waals surface area contributed by atoms with Gasteiger partial charge in [0.05, 0.1) is 11.1 Å². The lowest BCUT2D eigenvalue weighted by Crippen LogP contribution is -2.14. The summed E-state index contributed by atoms with van der Waals surface area (Å²) in [6.45, 7) is 3.12. The van der Waals surface area contributed by atoms with E-state index in [0.717, 1.165) is 0 Å². The molecule has 0 atom stereocenters. The second kappa shape index (κ2) is 5.33. The van der Waals surface area contributed by atoms with E-state index in [2.05, 4.69) is 20.2 Å². The number of sulfonamides is 1. The van der Waals surface area contributed by atoms with Gasteiger partial charge in [-0.2, -0.15) is 5.10 Å². The Bertz CT molecular complexity index is 719. The van der Waals surface area contributed by atoms with Gasteiger partial charge in [0, 0.05) is 18.2 Å². The largest absolute Gasteiger partial charge is 0.326 e. The third-order valence-electron chi connectivity index (χ3n) is 2.55. The van der Waals surface area contributed by atoms with Gasteiger partial charge in [0.1, 0.15) is 5.82 Å². The Balaban J connectivity index is 2.22. The average molecular weight is 294 g/mol. The molecule has 0 aliphatic heterocycles. The first-order valence-corrected chi connectivity index (χ1v) is 7.27. The molecule has 0 aliphatic rings. The van der Waals surface area contributed by atoms with E-state index >= 15 is 0 Å². The van der Waals surface area contributed by atoms with Crippen molar-refractivity contribution < 1.29 is 13.2 Å². The van der Waals surface area contributed by atoms with Crippen molar-refractivity contribution in [2.24, 2.45) is 0 Å². The lowest BCUT2D eigenvalue weighted by atomic mass is 10.3. The van der Waals surface area contributed by atoms with Crippen LogP contribution in [-0.4, -0.2) is 24.5 Å². The summed E-state index contributed by atoms with van der Waals surface area (Å²) < 4.78 is 26.7. The quantitative estimate of drug-likeness (QED) is 0.794. The van der Waals surface area contributed by atoms with E-state index in [1.165, 1.54) is 37.4 Å². The van der Waals surface area contributed by atoms with Crippen LogP contribution in [0.4, 0.5) is 11.5 Å². The molecule has 0 saturated carbocycles. The summed E-state index contributed by atoms with van der Waals surface area (Å²) in [6.07, 6.45) is 1.53. The molecular formula is C12H14N4O3S. The Morgan fingerprint density at radius 3 is 2.40 bits per heavy atom. The predicted molar refractivity (Wildman–Crippen MR) is 74.9 cm³/mol. The maximum absolute atomic E-state index is 12.1. The first-order valence-electron chi connectivity index (χ1n) is 5.79. The zero-order valence-corrected chi connectivity index (χ0v) is 11.8. The number of hydrogen-bond donors (Lipinski definition) is 3. The van der Waals surface area contributed by atoms with E-state index < -0.39 is 10.0 Å². The molecule has 0 bridgehead atoms. The normalized spacial score (nSPS) is 11.1. The van der Waals surface area contributed by atoms with Crippen LogP contribution in [0.2, 0.25) is 0 Å². The number of anilines is 2. The third kappa shape index (κ3) is 3.15. The molecule has 1 amide bonds. The number of nitrogens with one attached hydrogen (secondary N) is 3. The highest BCUT2D eigenvalue weighted by Crippen LogP contribution is 2.18. The minimum absolute atomic E-state index is 0.0978. The van der Waals surface area contributed by atoms with Gasteiger partial charge >= 0.3 is 0 Å². The Hall–Kier alpha value is -2.35. The van der Waals surface area contributed by atoms with Gasteiger partial charge in [0.25, 0.3) is 10.0 Å². The van der Waals surface area contributed by atoms with E-state index in [4.69, 9.17) is 0 Å². The van der Waals surface area contributed by atoms with E-state index in [1.54, 1.807) is 6.92 Å². The Morgan fingerprint density at radius 1 is 1.25 bits per heavy atom. The maximum Gasteiger partial charge on any atom is 0.263 e. The molecule has 0 spiro atoms. The van der Waals surface area contributed by atoms with Crippen LogP contribution in [-0.2, 0) is 14.8 Å². The van der Waals surface area contributed by atoms with E-state index in [9.17, 15) is 13.2 Å². The number of aromatic nitrogens is 2. The number of hydrogen-bond acceptors (Lipinski definition) is 4. The summed E-state index contributed by atoms with van der Waals surface area (Å²) in [6, 6.07) is 5.88. The van der Waals surface area contributed by atoms with Crippen LogP contribution in [0, 0.1) is 6.92 Å². The molecule has 1 aromatic carbocycles. The van der Waals surface area contributed by atoms with Crippen LogP contribution < -0.4 is 10.0 Å². The number of benzene rings is 1. The van der Waals surface area contributed by atoms with Gasteiger partial charge in [-0.3, -0.25) is 14.6 Å². The fourth-order valence-electron chi connectivity index (χ4n) is 1.56. The van der Waals surface area contributed by atoms with Crippen LogP contribution in [0.5, 0.6) is 0 Å². The molecule has 0 aliphatic carbocycles. The van der Waals surface area contributed by atoms with Crippen molar-refractivity contribution in [3.8, 4) is 0 Å². The molecule has 3 N–H and O–H groups in total. The summed E-state index contributed by atoms with van der Waals surface area (Å²) in [5, 5.41) is 8.89. The molecule has 2 aromatic rings. The van der Waals surface area contributed by atoms with Crippen molar-refractivity contribution in [2.75, 3.05) is 10.0 Å². The minimum Gasteiger partial charge on any atom is -0.326 e. The summed E-state index contributed by atoms with van der Waals surface area (Å²) in [7, 11) is -3.68. The molecule has 7 nitrogen and oxygen atoms in total. The summed E-state index contributed by atoms with van der Waals surface area (Å²) in [4.78, 5) is 11.0. The number of nitrogens with zero attached hydrogens (tertiary/aromatic N) is 1. The first kappa shape index (κ1) is 14.1. The highest BCUT2D eigenvalue weighted by atomic mass is 32.2. The smallest absolute Gasteiger partial charge is 0.263 e. The standard InChI is InChI=1S/C12H14N4O3S/c1-8-7-13-15-12(8)16-20(18,19)11-5-3-10(4-6-11)14-9(2)17/h3-7H,1-2H3,(H,14,17)(H2,13,15,16). The highest BCUT2D eigenvalue weighted by Gasteiger charge is 2.16.